The minimum Gasteiger partial charge on any atom is -0.310 e. The smallest absolute Gasteiger partial charge is 0.0551 e. The van der Waals surface area contributed by atoms with Crippen LogP contribution in [0.1, 0.15) is 11.1 Å². The summed E-state index contributed by atoms with van der Waals surface area (Å²) in [5.41, 5.74) is 4.97. The zero-order valence-electron chi connectivity index (χ0n) is 13.6. The first-order chi connectivity index (χ1) is 11.7. The maximum absolute atomic E-state index is 3.98. The molecule has 2 rings (SSSR count). The molecular weight excluding hydrogens is 358 g/mol. The van der Waals surface area contributed by atoms with Crippen molar-refractivity contribution in [2.75, 3.05) is 4.90 Å². The lowest BCUT2D eigenvalue weighted by Gasteiger charge is -2.28. The summed E-state index contributed by atoms with van der Waals surface area (Å²) in [6.45, 7) is 15.7. The van der Waals surface area contributed by atoms with Gasteiger partial charge in [0.2, 0.25) is 0 Å². The maximum atomic E-state index is 3.98. The summed E-state index contributed by atoms with van der Waals surface area (Å²) in [5, 5.41) is 0. The molecule has 0 bridgehead atoms. The highest BCUT2D eigenvalue weighted by molar-refractivity contribution is 9.10. The summed E-state index contributed by atoms with van der Waals surface area (Å²) in [5.74, 6) is 0. The summed E-state index contributed by atoms with van der Waals surface area (Å²) >= 11 is 3.59. The van der Waals surface area contributed by atoms with E-state index in [2.05, 4.69) is 65.3 Å². The van der Waals surface area contributed by atoms with Crippen LogP contribution in [-0.2, 0) is 0 Å². The van der Waals surface area contributed by atoms with Gasteiger partial charge in [-0.05, 0) is 42.0 Å². The Labute approximate surface area is 152 Å². The molecule has 0 unspecified atom stereocenters. The van der Waals surface area contributed by atoms with Crippen LogP contribution in [0.5, 0.6) is 0 Å². The average molecular weight is 378 g/mol. The van der Waals surface area contributed by atoms with Crippen molar-refractivity contribution in [2.24, 2.45) is 0 Å². The summed E-state index contributed by atoms with van der Waals surface area (Å²) in [7, 11) is 0. The third-order valence-corrected chi connectivity index (χ3v) is 4.05. The van der Waals surface area contributed by atoms with Crippen molar-refractivity contribution in [1.29, 1.82) is 0 Å². The second kappa shape index (κ2) is 8.32. The molecule has 0 heterocycles. The normalized spacial score (nSPS) is 10.8. The highest BCUT2D eigenvalue weighted by Gasteiger charge is 2.17. The number of hydrogen-bond donors (Lipinski definition) is 0. The molecule has 0 spiro atoms. The average Bonchev–Trinajstić information content (AvgIpc) is 2.61. The van der Waals surface area contributed by atoms with Gasteiger partial charge in [0.1, 0.15) is 0 Å². The van der Waals surface area contributed by atoms with Crippen LogP contribution in [0.4, 0.5) is 11.4 Å². The number of allylic oxidation sites excluding steroid dienone is 3. The molecular formula is C22H20BrN. The Morgan fingerprint density at radius 2 is 1.67 bits per heavy atom. The molecule has 0 radical (unpaired) electrons. The Kier molecular flexibility index (Phi) is 6.16. The number of hydrogen-bond acceptors (Lipinski definition) is 1. The Hall–Kier alpha value is -2.58. The highest BCUT2D eigenvalue weighted by Crippen LogP contribution is 2.37. The van der Waals surface area contributed by atoms with Crippen molar-refractivity contribution in [1.82, 2.24) is 0 Å². The number of rotatable bonds is 7. The van der Waals surface area contributed by atoms with E-state index in [1.807, 2.05) is 48.6 Å². The minimum atomic E-state index is 0.924. The van der Waals surface area contributed by atoms with Crippen molar-refractivity contribution in [2.45, 2.75) is 0 Å². The van der Waals surface area contributed by atoms with Gasteiger partial charge in [-0.1, -0.05) is 78.7 Å². The lowest BCUT2D eigenvalue weighted by Crippen LogP contribution is -2.16. The molecule has 2 heteroatoms. The molecule has 0 amide bonds. The summed E-state index contributed by atoms with van der Waals surface area (Å²) < 4.78 is 0.973. The molecule has 0 saturated carbocycles. The second-order valence-corrected chi connectivity index (χ2v) is 5.95. The van der Waals surface area contributed by atoms with Gasteiger partial charge in [0.25, 0.3) is 0 Å². The Morgan fingerprint density at radius 1 is 0.958 bits per heavy atom. The van der Waals surface area contributed by atoms with Gasteiger partial charge in [-0.3, -0.25) is 0 Å². The molecule has 0 N–H and O–H groups in total. The van der Waals surface area contributed by atoms with Gasteiger partial charge in [0, 0.05) is 21.4 Å². The fourth-order valence-corrected chi connectivity index (χ4v) is 3.02. The quantitative estimate of drug-likeness (QED) is 0.463. The zero-order chi connectivity index (χ0) is 17.5. The van der Waals surface area contributed by atoms with E-state index in [1.165, 1.54) is 0 Å². The fourth-order valence-electron chi connectivity index (χ4n) is 2.56. The molecule has 2 aromatic rings. The summed E-state index contributed by atoms with van der Waals surface area (Å²) in [4.78, 5) is 2.13. The van der Waals surface area contributed by atoms with Crippen LogP contribution < -0.4 is 4.90 Å². The molecule has 0 fully saturated rings. The topological polar surface area (TPSA) is 3.24 Å². The van der Waals surface area contributed by atoms with Gasteiger partial charge in [-0.25, -0.2) is 0 Å². The van der Waals surface area contributed by atoms with Gasteiger partial charge >= 0.3 is 0 Å². The third-order valence-electron chi connectivity index (χ3n) is 3.59. The Balaban J connectivity index is 2.82. The largest absolute Gasteiger partial charge is 0.310 e. The van der Waals surface area contributed by atoms with E-state index >= 15 is 0 Å². The van der Waals surface area contributed by atoms with Gasteiger partial charge in [0.05, 0.1) is 5.69 Å². The van der Waals surface area contributed by atoms with Crippen LogP contribution in [0.25, 0.3) is 12.2 Å². The van der Waals surface area contributed by atoms with Crippen molar-refractivity contribution in [3.8, 4) is 0 Å². The summed E-state index contributed by atoms with van der Waals surface area (Å²) in [6.07, 6.45) is 9.19. The molecule has 120 valence electrons. The molecule has 0 aromatic heterocycles. The van der Waals surface area contributed by atoms with Crippen LogP contribution >= 0.6 is 15.9 Å². The molecule has 1 nitrogen and oxygen atoms in total. The first kappa shape index (κ1) is 17.8. The third kappa shape index (κ3) is 3.66. The molecule has 0 atom stereocenters. The van der Waals surface area contributed by atoms with Gasteiger partial charge in [-0.15, -0.1) is 0 Å². The van der Waals surface area contributed by atoms with Crippen LogP contribution in [0.3, 0.4) is 0 Å². The molecule has 0 saturated heterocycles. The van der Waals surface area contributed by atoms with Crippen molar-refractivity contribution < 1.29 is 0 Å². The monoisotopic (exact) mass is 377 g/mol. The molecule has 2 aromatic carbocycles. The highest BCUT2D eigenvalue weighted by atomic mass is 79.9. The van der Waals surface area contributed by atoms with Crippen molar-refractivity contribution in [3.05, 3.63) is 108 Å². The fraction of sp³-hybridized carbons (Fsp3) is 0. The standard InChI is InChI=1S/C22H20BrN/c1-5-12-19(7-3)24(20-13-10-9-11-14-20)22-16-18(23)15-17(6-2)21(22)8-4/h5-16H,1-4H2/b19-12+. The Morgan fingerprint density at radius 3 is 2.21 bits per heavy atom. The van der Waals surface area contributed by atoms with E-state index in [-0.39, 0.29) is 0 Å². The first-order valence-corrected chi connectivity index (χ1v) is 8.34. The van der Waals surface area contributed by atoms with E-state index in [1.54, 1.807) is 6.08 Å². The van der Waals surface area contributed by atoms with Gasteiger partial charge in [-0.2, -0.15) is 0 Å². The number of nitrogens with zero attached hydrogens (tertiary/aromatic N) is 1. The molecule has 0 aliphatic carbocycles. The van der Waals surface area contributed by atoms with E-state index in [0.29, 0.717) is 0 Å². The van der Waals surface area contributed by atoms with Crippen LogP contribution in [0, 0.1) is 0 Å². The number of halogens is 1. The second-order valence-electron chi connectivity index (χ2n) is 5.04. The SMILES string of the molecule is C=C/C=C(\C=C)N(c1ccccc1)c1cc(Br)cc(C=C)c1C=C. The zero-order valence-corrected chi connectivity index (χ0v) is 15.2. The molecule has 0 aliphatic heterocycles. The lowest BCUT2D eigenvalue weighted by molar-refractivity contribution is 1.20. The van der Waals surface area contributed by atoms with E-state index in [4.69, 9.17) is 0 Å². The van der Waals surface area contributed by atoms with Crippen LogP contribution in [0.15, 0.2) is 97.2 Å². The number of anilines is 2. The predicted molar refractivity (Wildman–Crippen MR) is 111 cm³/mol. The molecule has 0 aliphatic rings. The maximum Gasteiger partial charge on any atom is 0.0551 e. The van der Waals surface area contributed by atoms with E-state index in [9.17, 15) is 0 Å². The first-order valence-electron chi connectivity index (χ1n) is 7.55. The Bertz CT molecular complexity index is 800. The summed E-state index contributed by atoms with van der Waals surface area (Å²) in [6, 6.07) is 14.2. The van der Waals surface area contributed by atoms with E-state index in [0.717, 1.165) is 32.7 Å². The van der Waals surface area contributed by atoms with Crippen LogP contribution in [-0.4, -0.2) is 0 Å². The minimum absolute atomic E-state index is 0.924. The molecule has 24 heavy (non-hydrogen) atoms. The lowest BCUT2D eigenvalue weighted by atomic mass is 10.0. The van der Waals surface area contributed by atoms with Crippen molar-refractivity contribution >= 4 is 39.5 Å². The van der Waals surface area contributed by atoms with Crippen molar-refractivity contribution in [3.63, 3.8) is 0 Å². The predicted octanol–water partition coefficient (Wildman–Crippen LogP) is 7.13. The van der Waals surface area contributed by atoms with E-state index < -0.39 is 0 Å². The van der Waals surface area contributed by atoms with Gasteiger partial charge in [0.15, 0.2) is 0 Å². The number of benzene rings is 2. The van der Waals surface area contributed by atoms with Crippen LogP contribution in [0.2, 0.25) is 0 Å². The number of para-hydroxylation sites is 1. The van der Waals surface area contributed by atoms with Gasteiger partial charge < -0.3 is 4.90 Å².